The van der Waals surface area contributed by atoms with Crippen LogP contribution in [0.2, 0.25) is 0 Å². The van der Waals surface area contributed by atoms with Crippen molar-refractivity contribution >= 4 is 17.7 Å². The van der Waals surface area contributed by atoms with Gasteiger partial charge in [0.15, 0.2) is 5.82 Å². The molecule has 1 amide bonds. The SMILES string of the molecule is Cc1[nH]c(/C=C2/C(=O)NN=C2c2ncccn2)c(C(C)C)c1CCCCN1CCCCC1. The molecule has 170 valence electrons. The Morgan fingerprint density at radius 2 is 1.88 bits per heavy atom. The van der Waals surface area contributed by atoms with E-state index in [2.05, 4.69) is 51.2 Å². The van der Waals surface area contributed by atoms with E-state index in [9.17, 15) is 4.79 Å². The van der Waals surface area contributed by atoms with Crippen LogP contribution in [-0.4, -0.2) is 51.1 Å². The molecule has 32 heavy (non-hydrogen) atoms. The van der Waals surface area contributed by atoms with Gasteiger partial charge in [-0.25, -0.2) is 15.4 Å². The van der Waals surface area contributed by atoms with Crippen molar-refractivity contribution in [2.24, 2.45) is 5.10 Å². The van der Waals surface area contributed by atoms with Gasteiger partial charge in [0.1, 0.15) is 5.71 Å². The predicted octanol–water partition coefficient (Wildman–Crippen LogP) is 3.96. The number of aromatic amines is 1. The van der Waals surface area contributed by atoms with Crippen LogP contribution < -0.4 is 5.43 Å². The van der Waals surface area contributed by atoms with Crippen LogP contribution in [0.15, 0.2) is 29.1 Å². The molecule has 2 aliphatic heterocycles. The zero-order valence-corrected chi connectivity index (χ0v) is 19.4. The summed E-state index contributed by atoms with van der Waals surface area (Å²) >= 11 is 0. The summed E-state index contributed by atoms with van der Waals surface area (Å²) in [6, 6.07) is 1.75. The standard InChI is InChI=1S/C25H34N6O/c1-17(2)22-19(10-5-8-15-31-13-6-4-7-14-31)18(3)28-21(22)16-20-23(29-30-25(20)32)24-26-11-9-12-27-24/h9,11-12,16-17,28H,4-8,10,13-15H2,1-3H3,(H,30,32)/b20-16+. The number of carbonyl (C=O) groups excluding carboxylic acids is 1. The molecule has 1 saturated heterocycles. The Balaban J connectivity index is 1.53. The highest BCUT2D eigenvalue weighted by molar-refractivity contribution is 6.32. The molecule has 4 heterocycles. The average molecular weight is 435 g/mol. The second kappa shape index (κ2) is 10.2. The number of carbonyl (C=O) groups is 1. The second-order valence-corrected chi connectivity index (χ2v) is 9.10. The lowest BCUT2D eigenvalue weighted by atomic mass is 9.93. The van der Waals surface area contributed by atoms with Crippen molar-refractivity contribution in [2.75, 3.05) is 19.6 Å². The number of nitrogens with zero attached hydrogens (tertiary/aromatic N) is 4. The van der Waals surface area contributed by atoms with Gasteiger partial charge in [-0.05, 0) is 87.8 Å². The summed E-state index contributed by atoms with van der Waals surface area (Å²) in [7, 11) is 0. The molecule has 0 spiro atoms. The first-order valence-corrected chi connectivity index (χ1v) is 11.9. The summed E-state index contributed by atoms with van der Waals surface area (Å²) in [5.41, 5.74) is 8.40. The van der Waals surface area contributed by atoms with Gasteiger partial charge in [0.05, 0.1) is 5.57 Å². The largest absolute Gasteiger partial charge is 0.359 e. The van der Waals surface area contributed by atoms with Crippen LogP contribution in [0.3, 0.4) is 0 Å². The van der Waals surface area contributed by atoms with E-state index in [-0.39, 0.29) is 5.91 Å². The average Bonchev–Trinajstić information content (AvgIpc) is 3.32. The number of aromatic nitrogens is 3. The number of likely N-dealkylation sites (tertiary alicyclic amines) is 1. The molecule has 0 aromatic carbocycles. The second-order valence-electron chi connectivity index (χ2n) is 9.10. The summed E-state index contributed by atoms with van der Waals surface area (Å²) in [6.07, 6.45) is 12.8. The van der Waals surface area contributed by atoms with Gasteiger partial charge in [-0.2, -0.15) is 5.10 Å². The van der Waals surface area contributed by atoms with Gasteiger partial charge >= 0.3 is 0 Å². The van der Waals surface area contributed by atoms with Crippen molar-refractivity contribution in [3.63, 3.8) is 0 Å². The summed E-state index contributed by atoms with van der Waals surface area (Å²) in [5.74, 6) is 0.573. The fourth-order valence-corrected chi connectivity index (χ4v) is 4.83. The van der Waals surface area contributed by atoms with E-state index >= 15 is 0 Å². The van der Waals surface area contributed by atoms with Crippen LogP contribution >= 0.6 is 0 Å². The molecule has 0 radical (unpaired) electrons. The monoisotopic (exact) mass is 434 g/mol. The molecule has 7 nitrogen and oxygen atoms in total. The molecule has 2 N–H and O–H groups in total. The van der Waals surface area contributed by atoms with E-state index in [4.69, 9.17) is 0 Å². The van der Waals surface area contributed by atoms with E-state index in [0.717, 1.165) is 12.1 Å². The molecule has 0 bridgehead atoms. The van der Waals surface area contributed by atoms with Crippen molar-refractivity contribution in [1.82, 2.24) is 25.3 Å². The fourth-order valence-electron chi connectivity index (χ4n) is 4.83. The van der Waals surface area contributed by atoms with Crippen molar-refractivity contribution in [3.8, 4) is 0 Å². The number of aryl methyl sites for hydroxylation is 1. The lowest BCUT2D eigenvalue weighted by Gasteiger charge is -2.26. The highest BCUT2D eigenvalue weighted by atomic mass is 16.2. The number of hydrogen-bond donors (Lipinski definition) is 2. The number of amides is 1. The van der Waals surface area contributed by atoms with Crippen LogP contribution in [0.25, 0.3) is 6.08 Å². The third-order valence-corrected chi connectivity index (χ3v) is 6.40. The molecule has 4 rings (SSSR count). The van der Waals surface area contributed by atoms with Crippen molar-refractivity contribution in [1.29, 1.82) is 0 Å². The van der Waals surface area contributed by atoms with Crippen molar-refractivity contribution in [2.45, 2.75) is 65.2 Å². The van der Waals surface area contributed by atoms with Gasteiger partial charge in [0.25, 0.3) is 5.91 Å². The number of rotatable bonds is 8. The smallest absolute Gasteiger partial charge is 0.273 e. The molecule has 0 aliphatic carbocycles. The van der Waals surface area contributed by atoms with Crippen LogP contribution in [0, 0.1) is 6.92 Å². The molecular formula is C25H34N6O. The van der Waals surface area contributed by atoms with Crippen LogP contribution in [0.5, 0.6) is 0 Å². The number of H-pyrrole nitrogens is 1. The first-order chi connectivity index (χ1) is 15.5. The van der Waals surface area contributed by atoms with Gasteiger partial charge in [0, 0.05) is 23.8 Å². The predicted molar refractivity (Wildman–Crippen MR) is 128 cm³/mol. The minimum absolute atomic E-state index is 0.225. The molecule has 2 aromatic rings. The van der Waals surface area contributed by atoms with Gasteiger partial charge in [-0.1, -0.05) is 20.3 Å². The highest BCUT2D eigenvalue weighted by Crippen LogP contribution is 2.30. The Bertz CT molecular complexity index is 999. The summed E-state index contributed by atoms with van der Waals surface area (Å²) in [6.45, 7) is 10.3. The van der Waals surface area contributed by atoms with E-state index < -0.39 is 0 Å². The zero-order valence-electron chi connectivity index (χ0n) is 19.4. The molecule has 0 saturated carbocycles. The van der Waals surface area contributed by atoms with E-state index in [1.807, 2.05) is 6.08 Å². The first kappa shape index (κ1) is 22.4. The van der Waals surface area contributed by atoms with Gasteiger partial charge in [-0.15, -0.1) is 0 Å². The highest BCUT2D eigenvalue weighted by Gasteiger charge is 2.27. The molecular weight excluding hydrogens is 400 g/mol. The van der Waals surface area contributed by atoms with Crippen LogP contribution in [0.4, 0.5) is 0 Å². The Morgan fingerprint density at radius 1 is 1.12 bits per heavy atom. The normalized spacial score (nSPS) is 18.4. The van der Waals surface area contributed by atoms with E-state index in [1.165, 1.54) is 68.6 Å². The quantitative estimate of drug-likeness (QED) is 0.486. The number of nitrogens with one attached hydrogen (secondary N) is 2. The summed E-state index contributed by atoms with van der Waals surface area (Å²) in [5, 5.41) is 4.18. The van der Waals surface area contributed by atoms with Crippen molar-refractivity contribution < 1.29 is 4.79 Å². The number of hydrogen-bond acceptors (Lipinski definition) is 5. The Hall–Kier alpha value is -2.80. The minimum atomic E-state index is -0.225. The molecule has 2 aliphatic rings. The Kier molecular flexibility index (Phi) is 7.15. The number of piperidine rings is 1. The minimum Gasteiger partial charge on any atom is -0.359 e. The Morgan fingerprint density at radius 3 is 2.59 bits per heavy atom. The Labute approximate surface area is 190 Å². The molecule has 0 atom stereocenters. The van der Waals surface area contributed by atoms with Crippen LogP contribution in [0.1, 0.15) is 80.2 Å². The molecule has 1 fully saturated rings. The van der Waals surface area contributed by atoms with Gasteiger partial charge < -0.3 is 9.88 Å². The maximum atomic E-state index is 12.5. The lowest BCUT2D eigenvalue weighted by Crippen LogP contribution is -2.30. The maximum Gasteiger partial charge on any atom is 0.273 e. The molecule has 2 aromatic heterocycles. The van der Waals surface area contributed by atoms with Crippen molar-refractivity contribution in [3.05, 3.63) is 52.4 Å². The summed E-state index contributed by atoms with van der Waals surface area (Å²) in [4.78, 5) is 27.2. The number of unbranched alkanes of at least 4 members (excludes halogenated alkanes) is 1. The molecule has 0 unspecified atom stereocenters. The van der Waals surface area contributed by atoms with Gasteiger partial charge in [0.2, 0.25) is 0 Å². The maximum absolute atomic E-state index is 12.5. The number of hydrazone groups is 1. The van der Waals surface area contributed by atoms with Crippen LogP contribution in [-0.2, 0) is 11.2 Å². The van der Waals surface area contributed by atoms with Gasteiger partial charge in [-0.3, -0.25) is 4.79 Å². The fraction of sp³-hybridized carbons (Fsp3) is 0.520. The molecule has 7 heteroatoms. The van der Waals surface area contributed by atoms with E-state index in [0.29, 0.717) is 23.0 Å². The third-order valence-electron chi connectivity index (χ3n) is 6.40. The topological polar surface area (TPSA) is 86.3 Å². The summed E-state index contributed by atoms with van der Waals surface area (Å²) < 4.78 is 0. The third kappa shape index (κ3) is 4.99. The lowest BCUT2D eigenvalue weighted by molar-refractivity contribution is -0.116. The zero-order chi connectivity index (χ0) is 22.5. The van der Waals surface area contributed by atoms with E-state index in [1.54, 1.807) is 18.5 Å². The first-order valence-electron chi connectivity index (χ1n) is 11.9.